The second-order valence-electron chi connectivity index (χ2n) is 21.4. The van der Waals surface area contributed by atoms with Crippen molar-refractivity contribution in [3.8, 4) is 123 Å². The maximum atomic E-state index is 10.3. The highest BCUT2D eigenvalue weighted by molar-refractivity contribution is 6.11. The Bertz CT molecular complexity index is 4490. The molecule has 4 aliphatic rings. The van der Waals surface area contributed by atoms with Gasteiger partial charge >= 0.3 is 0 Å². The van der Waals surface area contributed by atoms with E-state index in [1.807, 2.05) is 24.4 Å². The zero-order valence-corrected chi connectivity index (χ0v) is 42.6. The summed E-state index contributed by atoms with van der Waals surface area (Å²) >= 11 is 0. The highest BCUT2D eigenvalue weighted by Crippen LogP contribution is 2.53. The zero-order chi connectivity index (χ0) is 52.4. The van der Waals surface area contributed by atoms with Crippen LogP contribution in [0.4, 0.5) is 0 Å². The average Bonchev–Trinajstić information content (AvgIpc) is 4.32. The molecular weight excluding hydrogens is 935 g/mol. The maximum absolute atomic E-state index is 10.3. The Kier molecular flexibility index (Phi) is 9.78. The summed E-state index contributed by atoms with van der Waals surface area (Å²) in [5.74, 6) is -1.90. The maximum Gasteiger partial charge on any atom is 0.143 e. The summed E-state index contributed by atoms with van der Waals surface area (Å²) in [6, 6.07) is 74.4. The van der Waals surface area contributed by atoms with E-state index in [2.05, 4.69) is 188 Å². The van der Waals surface area contributed by atoms with Gasteiger partial charge in [0.1, 0.15) is 11.2 Å². The van der Waals surface area contributed by atoms with Crippen molar-refractivity contribution in [2.75, 3.05) is 0 Å². The van der Waals surface area contributed by atoms with Crippen LogP contribution in [0.3, 0.4) is 0 Å². The molecule has 4 heteroatoms. The third-order valence-corrected chi connectivity index (χ3v) is 17.1. The summed E-state index contributed by atoms with van der Waals surface area (Å²) in [7, 11) is 0. The van der Waals surface area contributed by atoms with Crippen molar-refractivity contribution >= 4 is 21.9 Å². The molecule has 16 rings (SSSR count). The molecule has 0 radical (unpaired) electrons. The smallest absolute Gasteiger partial charge is 0.143 e. The fourth-order valence-electron chi connectivity index (χ4n) is 13.5. The molecule has 0 N–H and O–H groups in total. The number of hydrogen-bond acceptors (Lipinski definition) is 4. The fraction of sp³-hybridized carbons (Fsp3) is 0.137. The van der Waals surface area contributed by atoms with Gasteiger partial charge in [-0.25, -0.2) is 4.98 Å². The topological polar surface area (TPSA) is 51.8 Å². The Morgan fingerprint density at radius 1 is 0.325 bits per heavy atom. The fourth-order valence-corrected chi connectivity index (χ4v) is 13.5. The quantitative estimate of drug-likeness (QED) is 0.172. The van der Waals surface area contributed by atoms with Crippen LogP contribution in [0.2, 0.25) is 0 Å². The number of para-hydroxylation sites is 2. The number of aromatic nitrogens is 3. The molecule has 12 aromatic rings. The van der Waals surface area contributed by atoms with Gasteiger partial charge in [-0.2, -0.15) is 0 Å². The van der Waals surface area contributed by atoms with Crippen LogP contribution >= 0.6 is 0 Å². The number of nitrogens with zero attached hydrogens (tertiary/aromatic N) is 3. The normalized spacial score (nSPS) is 15.7. The van der Waals surface area contributed by atoms with Crippen LogP contribution in [0, 0.1) is 0 Å². The van der Waals surface area contributed by atoms with Gasteiger partial charge in [0, 0.05) is 59.3 Å². The summed E-state index contributed by atoms with van der Waals surface area (Å²) in [6.07, 6.45) is 8.52. The number of rotatable bonds is 5. The van der Waals surface area contributed by atoms with Gasteiger partial charge in [0.2, 0.25) is 0 Å². The molecule has 0 atom stereocenters. The van der Waals surface area contributed by atoms with Gasteiger partial charge in [0.15, 0.2) is 0 Å². The van der Waals surface area contributed by atoms with Crippen LogP contribution < -0.4 is 0 Å². The molecule has 2 fully saturated rings. The summed E-state index contributed by atoms with van der Waals surface area (Å²) in [5, 5.41) is 2.22. The molecular formula is C73H53N3O. The van der Waals surface area contributed by atoms with Crippen LogP contribution in [-0.4, -0.2) is 15.0 Å². The minimum absolute atomic E-state index is 0.699. The van der Waals surface area contributed by atoms with Crippen LogP contribution in [0.15, 0.2) is 217 Å². The van der Waals surface area contributed by atoms with Gasteiger partial charge in [-0.05, 0) is 134 Å². The van der Waals surface area contributed by atoms with E-state index >= 15 is 0 Å². The van der Waals surface area contributed by atoms with Crippen molar-refractivity contribution in [2.45, 2.75) is 63.2 Å². The van der Waals surface area contributed by atoms with E-state index in [9.17, 15) is 2.74 Å². The first-order valence-corrected chi connectivity index (χ1v) is 27.5. The van der Waals surface area contributed by atoms with Crippen LogP contribution in [-0.2, 0) is 0 Å². The number of fused-ring (bicyclic) bond motifs is 19. The molecule has 77 heavy (non-hydrogen) atoms. The third-order valence-electron chi connectivity index (χ3n) is 17.1. The molecule has 3 heterocycles. The van der Waals surface area contributed by atoms with E-state index in [-0.39, 0.29) is 0 Å². The number of furan rings is 1. The molecule has 3 aromatic heterocycles. The van der Waals surface area contributed by atoms with Gasteiger partial charge in [-0.15, -0.1) is 0 Å². The zero-order valence-electron chi connectivity index (χ0n) is 44.6. The summed E-state index contributed by atoms with van der Waals surface area (Å²) in [4.78, 5) is 16.7. The van der Waals surface area contributed by atoms with E-state index in [1.54, 1.807) is 0 Å². The molecule has 0 amide bonds. The molecule has 0 aliphatic heterocycles. The first-order chi connectivity index (χ1) is 38.9. The van der Waals surface area contributed by atoms with E-state index in [4.69, 9.17) is 19.4 Å². The minimum atomic E-state index is -0.952. The molecule has 0 bridgehead atoms. The van der Waals surface area contributed by atoms with Crippen LogP contribution in [0.25, 0.3) is 145 Å². The Morgan fingerprint density at radius 3 is 1.29 bits per heavy atom. The van der Waals surface area contributed by atoms with Gasteiger partial charge in [0.05, 0.1) is 28.5 Å². The lowest BCUT2D eigenvalue weighted by atomic mass is 9.79. The number of pyridine rings is 1. The molecule has 366 valence electrons. The highest BCUT2D eigenvalue weighted by Gasteiger charge is 2.32. The molecule has 4 aliphatic carbocycles. The van der Waals surface area contributed by atoms with E-state index < -0.39 is 11.8 Å². The van der Waals surface area contributed by atoms with Gasteiger partial charge in [0.25, 0.3) is 0 Å². The predicted octanol–water partition coefficient (Wildman–Crippen LogP) is 20.1. The van der Waals surface area contributed by atoms with Gasteiger partial charge < -0.3 is 4.42 Å². The first-order valence-electron chi connectivity index (χ1n) is 28.5. The lowest BCUT2D eigenvalue weighted by Gasteiger charge is -2.25. The summed E-state index contributed by atoms with van der Waals surface area (Å²) < 4.78 is 27.3. The second-order valence-corrected chi connectivity index (χ2v) is 21.4. The Hall–Kier alpha value is -8.99. The Balaban J connectivity index is 0.931. The lowest BCUT2D eigenvalue weighted by molar-refractivity contribution is 0.652. The average molecular weight is 990 g/mol. The molecule has 0 saturated heterocycles. The van der Waals surface area contributed by atoms with Crippen molar-refractivity contribution in [2.24, 2.45) is 0 Å². The van der Waals surface area contributed by atoms with Crippen molar-refractivity contribution in [1.82, 2.24) is 15.0 Å². The van der Waals surface area contributed by atoms with Crippen molar-refractivity contribution in [3.63, 3.8) is 0 Å². The van der Waals surface area contributed by atoms with Crippen molar-refractivity contribution < 1.29 is 7.16 Å². The van der Waals surface area contributed by atoms with E-state index in [1.165, 1.54) is 5.56 Å². The van der Waals surface area contributed by atoms with Crippen molar-refractivity contribution in [3.05, 3.63) is 224 Å². The first kappa shape index (κ1) is 42.3. The lowest BCUT2D eigenvalue weighted by Crippen LogP contribution is -2.11. The van der Waals surface area contributed by atoms with Crippen molar-refractivity contribution in [1.29, 1.82) is 0 Å². The SMILES string of the molecule is [2H]C1(c2nc(C3([2H])CCCC3)c(-c3ccc4c(c3)-c3ccccc3-c3ccccc3-c3ncccc3-4)nc2-c2ccc3c(c2)-c2ccccc2-c2ccccc2-c2cc(-c4cccc5c4oc4ccccc45)ccc2-3)CCCC1. The highest BCUT2D eigenvalue weighted by atomic mass is 16.3. The van der Waals surface area contributed by atoms with Gasteiger partial charge in [-0.3, -0.25) is 9.97 Å². The molecule has 9 aromatic carbocycles. The standard InChI is InChI=1S/C73H53N3O/c1-2-18-44(17-1)68-70(76-71(69(75-68)45-19-3-4-20-45)48-36-39-59-62-32-16-40-74-72(62)61-29-12-11-24-53(61)52-23-7-10-27-56(52)66(59)43-48)47-35-38-58-57-37-34-46(49-30-15-31-63-60-28-13-14-33-67(60)77-73(49)63)41-64(57)54-25-8-5-21-50(54)51-22-6-9-26-55(51)65(58)42-47/h5-16,21-45H,1-4,17-20H2/i44D,45D. The number of hydrogen-bond donors (Lipinski definition) is 0. The molecule has 0 unspecified atom stereocenters. The van der Waals surface area contributed by atoms with E-state index in [0.717, 1.165) is 165 Å². The number of benzene rings is 9. The summed E-state index contributed by atoms with van der Waals surface area (Å²) in [5.41, 5.74) is 26.5. The molecule has 2 saturated carbocycles. The molecule has 4 nitrogen and oxygen atoms in total. The minimum Gasteiger partial charge on any atom is -0.455 e. The Labute approximate surface area is 451 Å². The molecule has 0 spiro atoms. The second kappa shape index (κ2) is 17.8. The van der Waals surface area contributed by atoms with Crippen LogP contribution in [0.1, 0.15) is 77.3 Å². The largest absolute Gasteiger partial charge is 0.455 e. The summed E-state index contributed by atoms with van der Waals surface area (Å²) in [6.45, 7) is 0. The predicted molar refractivity (Wildman–Crippen MR) is 316 cm³/mol. The third kappa shape index (κ3) is 7.08. The van der Waals surface area contributed by atoms with E-state index in [0.29, 0.717) is 37.1 Å². The van der Waals surface area contributed by atoms with Crippen LogP contribution in [0.5, 0.6) is 0 Å². The Morgan fingerprint density at radius 2 is 0.727 bits per heavy atom. The monoisotopic (exact) mass is 989 g/mol. The van der Waals surface area contributed by atoms with Gasteiger partial charge in [-0.1, -0.05) is 202 Å².